The summed E-state index contributed by atoms with van der Waals surface area (Å²) in [6.07, 6.45) is -0.373. The largest absolute Gasteiger partial charge is 0.322 e. The fourth-order valence-electron chi connectivity index (χ4n) is 1.56. The van der Waals surface area contributed by atoms with Gasteiger partial charge in [-0.25, -0.2) is 4.39 Å². The number of anilines is 1. The van der Waals surface area contributed by atoms with Crippen molar-refractivity contribution in [2.24, 2.45) is 0 Å². The number of pyridine rings is 1. The summed E-state index contributed by atoms with van der Waals surface area (Å²) < 4.78 is 39.3. The molecule has 1 amide bonds. The molecular formula is C13H8ClF3N2O. The Morgan fingerprint density at radius 3 is 2.60 bits per heavy atom. The van der Waals surface area contributed by atoms with Gasteiger partial charge in [-0.05, 0) is 24.3 Å². The van der Waals surface area contributed by atoms with Crippen LogP contribution in [-0.4, -0.2) is 10.9 Å². The van der Waals surface area contributed by atoms with E-state index in [0.717, 1.165) is 18.2 Å². The number of carbonyl (C=O) groups excluding carboxylic acids is 1. The Morgan fingerprint density at radius 1 is 1.20 bits per heavy atom. The highest BCUT2D eigenvalue weighted by atomic mass is 35.5. The maximum absolute atomic E-state index is 13.5. The third-order valence-electron chi connectivity index (χ3n) is 2.49. The summed E-state index contributed by atoms with van der Waals surface area (Å²) in [5.41, 5.74) is -0.286. The number of hydrogen-bond donors (Lipinski definition) is 1. The van der Waals surface area contributed by atoms with Crippen molar-refractivity contribution in [2.75, 3.05) is 5.32 Å². The van der Waals surface area contributed by atoms with Gasteiger partial charge >= 0.3 is 0 Å². The zero-order chi connectivity index (χ0) is 14.7. The van der Waals surface area contributed by atoms with Gasteiger partial charge in [0, 0.05) is 10.6 Å². The maximum atomic E-state index is 13.5. The van der Waals surface area contributed by atoms with Crippen molar-refractivity contribution in [3.05, 3.63) is 58.6 Å². The quantitative estimate of drug-likeness (QED) is 0.883. The summed E-state index contributed by atoms with van der Waals surface area (Å²) >= 11 is 5.77. The lowest BCUT2D eigenvalue weighted by molar-refractivity contribution is -0.115. The molecule has 7 heteroatoms. The molecule has 0 unspecified atom stereocenters. The van der Waals surface area contributed by atoms with E-state index in [1.165, 1.54) is 12.1 Å². The maximum Gasteiger partial charge on any atom is 0.239 e. The van der Waals surface area contributed by atoms with E-state index in [0.29, 0.717) is 0 Å². The monoisotopic (exact) mass is 300 g/mol. The zero-order valence-corrected chi connectivity index (χ0v) is 10.7. The highest BCUT2D eigenvalue weighted by Gasteiger charge is 2.14. The first kappa shape index (κ1) is 14.3. The lowest BCUT2D eigenvalue weighted by Gasteiger charge is -2.07. The second-order valence-electron chi connectivity index (χ2n) is 3.90. The molecule has 1 aromatic carbocycles. The van der Waals surface area contributed by atoms with Gasteiger partial charge < -0.3 is 5.32 Å². The summed E-state index contributed by atoms with van der Waals surface area (Å²) in [4.78, 5) is 14.6. The molecule has 1 N–H and O–H groups in total. The molecule has 3 nitrogen and oxygen atoms in total. The van der Waals surface area contributed by atoms with Crippen LogP contribution in [0, 0.1) is 17.7 Å². The second-order valence-corrected chi connectivity index (χ2v) is 4.30. The number of carbonyl (C=O) groups is 1. The minimum atomic E-state index is -1.15. The Labute approximate surface area is 117 Å². The summed E-state index contributed by atoms with van der Waals surface area (Å²) in [5, 5.41) is 2.27. The molecule has 0 aliphatic rings. The number of rotatable bonds is 3. The molecule has 0 radical (unpaired) electrons. The van der Waals surface area contributed by atoms with Gasteiger partial charge in [0.05, 0.1) is 12.1 Å². The molecule has 0 aliphatic heterocycles. The molecule has 2 rings (SSSR count). The van der Waals surface area contributed by atoms with Crippen LogP contribution in [0.15, 0.2) is 30.3 Å². The minimum Gasteiger partial charge on any atom is -0.322 e. The molecule has 1 aromatic heterocycles. The molecule has 104 valence electrons. The highest BCUT2D eigenvalue weighted by Crippen LogP contribution is 2.20. The second kappa shape index (κ2) is 5.92. The summed E-state index contributed by atoms with van der Waals surface area (Å²) in [6, 6.07) is 5.93. The number of hydrogen-bond acceptors (Lipinski definition) is 2. The molecule has 0 saturated carbocycles. The van der Waals surface area contributed by atoms with Gasteiger partial charge in [-0.1, -0.05) is 17.7 Å². The van der Waals surface area contributed by atoms with Crippen LogP contribution in [0.1, 0.15) is 5.56 Å². The average Bonchev–Trinajstić information content (AvgIpc) is 2.37. The predicted molar refractivity (Wildman–Crippen MR) is 67.9 cm³/mol. The van der Waals surface area contributed by atoms with E-state index in [1.54, 1.807) is 0 Å². The van der Waals surface area contributed by atoms with Crippen LogP contribution in [0.4, 0.5) is 18.9 Å². The van der Waals surface area contributed by atoms with Crippen molar-refractivity contribution in [3.8, 4) is 0 Å². The smallest absolute Gasteiger partial charge is 0.239 e. The standard InChI is InChI=1S/C13H8ClF3N2O/c14-8-2-1-3-9(15)7(8)6-12(20)18-10-4-5-11(16)19-13(10)17/h1-5H,6H2,(H,18,20). The third-order valence-corrected chi connectivity index (χ3v) is 2.84. The Balaban J connectivity index is 2.13. The highest BCUT2D eigenvalue weighted by molar-refractivity contribution is 6.31. The van der Waals surface area contributed by atoms with E-state index in [1.807, 2.05) is 0 Å². The van der Waals surface area contributed by atoms with E-state index >= 15 is 0 Å². The molecule has 0 atom stereocenters. The van der Waals surface area contributed by atoms with Crippen molar-refractivity contribution in [1.29, 1.82) is 0 Å². The van der Waals surface area contributed by atoms with Gasteiger partial charge in [0.15, 0.2) is 0 Å². The van der Waals surface area contributed by atoms with Crippen LogP contribution in [0.3, 0.4) is 0 Å². The normalized spacial score (nSPS) is 10.4. The van der Waals surface area contributed by atoms with E-state index in [2.05, 4.69) is 10.3 Å². The van der Waals surface area contributed by atoms with Crippen molar-refractivity contribution in [2.45, 2.75) is 6.42 Å². The van der Waals surface area contributed by atoms with Gasteiger partial charge in [0.1, 0.15) is 5.82 Å². The van der Waals surface area contributed by atoms with Gasteiger partial charge in [0.25, 0.3) is 0 Å². The van der Waals surface area contributed by atoms with E-state index in [4.69, 9.17) is 11.6 Å². The Kier molecular flexibility index (Phi) is 4.24. The van der Waals surface area contributed by atoms with Crippen molar-refractivity contribution in [1.82, 2.24) is 4.98 Å². The van der Waals surface area contributed by atoms with Crippen molar-refractivity contribution >= 4 is 23.2 Å². The van der Waals surface area contributed by atoms with Crippen LogP contribution in [-0.2, 0) is 11.2 Å². The molecule has 0 bridgehead atoms. The fourth-order valence-corrected chi connectivity index (χ4v) is 1.79. The number of halogens is 4. The fraction of sp³-hybridized carbons (Fsp3) is 0.0769. The SMILES string of the molecule is O=C(Cc1c(F)cccc1Cl)Nc1ccc(F)nc1F. The topological polar surface area (TPSA) is 42.0 Å². The minimum absolute atomic E-state index is 0.00199. The molecule has 0 fully saturated rings. The van der Waals surface area contributed by atoms with Crippen LogP contribution in [0.5, 0.6) is 0 Å². The zero-order valence-electron chi connectivity index (χ0n) is 9.96. The van der Waals surface area contributed by atoms with Crippen LogP contribution in [0.25, 0.3) is 0 Å². The first-order valence-electron chi connectivity index (χ1n) is 5.52. The Hall–Kier alpha value is -2.08. The number of benzene rings is 1. The number of nitrogens with one attached hydrogen (secondary N) is 1. The van der Waals surface area contributed by atoms with Gasteiger partial charge in [-0.3, -0.25) is 4.79 Å². The molecule has 0 saturated heterocycles. The Morgan fingerprint density at radius 2 is 1.95 bits per heavy atom. The van der Waals surface area contributed by atoms with Crippen molar-refractivity contribution < 1.29 is 18.0 Å². The third kappa shape index (κ3) is 3.27. The number of amides is 1. The lowest BCUT2D eigenvalue weighted by Crippen LogP contribution is -2.17. The predicted octanol–water partition coefficient (Wildman–Crippen LogP) is 3.33. The summed E-state index contributed by atoms with van der Waals surface area (Å²) in [5.74, 6) is -3.48. The van der Waals surface area contributed by atoms with Gasteiger partial charge in [-0.15, -0.1) is 0 Å². The lowest BCUT2D eigenvalue weighted by atomic mass is 10.1. The van der Waals surface area contributed by atoms with E-state index in [9.17, 15) is 18.0 Å². The number of aromatic nitrogens is 1. The van der Waals surface area contributed by atoms with E-state index < -0.39 is 23.6 Å². The summed E-state index contributed by atoms with van der Waals surface area (Å²) in [7, 11) is 0. The molecule has 2 aromatic rings. The van der Waals surface area contributed by atoms with Crippen LogP contribution < -0.4 is 5.32 Å². The van der Waals surface area contributed by atoms with Crippen LogP contribution >= 0.6 is 11.6 Å². The summed E-state index contributed by atoms with van der Waals surface area (Å²) in [6.45, 7) is 0. The number of nitrogens with zero attached hydrogens (tertiary/aromatic N) is 1. The van der Waals surface area contributed by atoms with E-state index in [-0.39, 0.29) is 22.7 Å². The first-order chi connectivity index (χ1) is 9.47. The van der Waals surface area contributed by atoms with Gasteiger partial charge in [-0.2, -0.15) is 13.8 Å². The molecule has 20 heavy (non-hydrogen) atoms. The van der Waals surface area contributed by atoms with Crippen LogP contribution in [0.2, 0.25) is 5.02 Å². The molecule has 1 heterocycles. The Bertz CT molecular complexity index is 644. The molecule has 0 aliphatic carbocycles. The van der Waals surface area contributed by atoms with Crippen molar-refractivity contribution in [3.63, 3.8) is 0 Å². The molecule has 0 spiro atoms. The first-order valence-corrected chi connectivity index (χ1v) is 5.90. The van der Waals surface area contributed by atoms with Gasteiger partial charge in [0.2, 0.25) is 17.8 Å². The molecular weight excluding hydrogens is 293 g/mol. The average molecular weight is 301 g/mol.